The Balaban J connectivity index is 2.12. The van der Waals surface area contributed by atoms with Gasteiger partial charge in [-0.1, -0.05) is 134 Å². The zero-order chi connectivity index (χ0) is 35.4. The van der Waals surface area contributed by atoms with E-state index in [1.807, 2.05) is 12.1 Å². The summed E-state index contributed by atoms with van der Waals surface area (Å²) in [5.41, 5.74) is 4.53. The molecule has 0 aliphatic carbocycles. The van der Waals surface area contributed by atoms with Gasteiger partial charge in [0.2, 0.25) is 11.9 Å². The normalized spacial score (nSPS) is 12.8. The number of hydrogen-bond acceptors (Lipinski definition) is 8. The summed E-state index contributed by atoms with van der Waals surface area (Å²) < 4.78 is 0. The van der Waals surface area contributed by atoms with Crippen LogP contribution in [-0.2, 0) is 21.7 Å². The van der Waals surface area contributed by atoms with E-state index < -0.39 is 0 Å². The summed E-state index contributed by atoms with van der Waals surface area (Å²) >= 11 is 1.65. The van der Waals surface area contributed by atoms with Crippen molar-refractivity contribution in [1.82, 2.24) is 15.0 Å². The Morgan fingerprint density at radius 1 is 0.532 bits per heavy atom. The summed E-state index contributed by atoms with van der Waals surface area (Å²) in [6, 6.07) is 7.34. The van der Waals surface area contributed by atoms with E-state index in [-0.39, 0.29) is 33.2 Å². The van der Waals surface area contributed by atoms with Gasteiger partial charge in [0.25, 0.3) is 0 Å². The first-order valence-electron chi connectivity index (χ1n) is 17.3. The van der Waals surface area contributed by atoms with Gasteiger partial charge in [0.1, 0.15) is 11.5 Å². The van der Waals surface area contributed by atoms with Gasteiger partial charge in [-0.3, -0.25) is 0 Å². The number of nitrogens with one attached hydrogen (secondary N) is 2. The van der Waals surface area contributed by atoms with E-state index >= 15 is 0 Å². The van der Waals surface area contributed by atoms with E-state index in [9.17, 15) is 10.2 Å². The molecule has 0 aliphatic heterocycles. The maximum atomic E-state index is 11.0. The molecule has 4 N–H and O–H groups in total. The predicted octanol–water partition coefficient (Wildman–Crippen LogP) is 11.4. The van der Waals surface area contributed by atoms with Crippen molar-refractivity contribution in [2.24, 2.45) is 0 Å². The second kappa shape index (κ2) is 15.0. The van der Waals surface area contributed by atoms with Crippen LogP contribution in [0.1, 0.15) is 151 Å². The number of nitrogens with zero attached hydrogens (tertiary/aromatic N) is 3. The molecule has 0 unspecified atom stereocenters. The lowest BCUT2D eigenvalue weighted by Crippen LogP contribution is -2.24. The van der Waals surface area contributed by atoms with Crippen LogP contribution in [0.2, 0.25) is 0 Å². The van der Waals surface area contributed by atoms with E-state index in [1.54, 1.807) is 23.9 Å². The fraction of sp³-hybridized carbons (Fsp3) is 0.615. The predicted molar refractivity (Wildman–Crippen MR) is 202 cm³/mol. The Morgan fingerprint density at radius 2 is 0.915 bits per heavy atom. The zero-order valence-corrected chi connectivity index (χ0v) is 32.2. The molecule has 0 amide bonds. The van der Waals surface area contributed by atoms with Crippen molar-refractivity contribution in [2.75, 3.05) is 16.4 Å². The smallest absolute Gasteiger partial charge is 0.233 e. The largest absolute Gasteiger partial charge is 0.508 e. The summed E-state index contributed by atoms with van der Waals surface area (Å²) in [6.07, 6.45) is 7.38. The van der Waals surface area contributed by atoms with Crippen molar-refractivity contribution in [2.45, 2.75) is 155 Å². The number of hydrogen-bond donors (Lipinski definition) is 4. The minimum absolute atomic E-state index is 0.260. The van der Waals surface area contributed by atoms with Gasteiger partial charge in [0, 0.05) is 28.3 Å². The van der Waals surface area contributed by atoms with Gasteiger partial charge < -0.3 is 20.8 Å². The molecule has 0 spiro atoms. The molecule has 7 nitrogen and oxygen atoms in total. The topological polar surface area (TPSA) is 103 Å². The Bertz CT molecular complexity index is 1410. The van der Waals surface area contributed by atoms with Crippen LogP contribution in [0.3, 0.4) is 0 Å². The summed E-state index contributed by atoms with van der Waals surface area (Å²) in [4.78, 5) is 14.7. The molecule has 3 rings (SSSR count). The second-order valence-corrected chi connectivity index (χ2v) is 18.0. The molecule has 2 aromatic carbocycles. The molecule has 260 valence electrons. The first-order valence-corrected chi connectivity index (χ1v) is 18.3. The molecule has 1 heterocycles. The lowest BCUT2D eigenvalue weighted by Gasteiger charge is -2.33. The van der Waals surface area contributed by atoms with Gasteiger partial charge in [-0.25, -0.2) is 0 Å². The van der Waals surface area contributed by atoms with Crippen LogP contribution in [0.5, 0.6) is 11.5 Å². The summed E-state index contributed by atoms with van der Waals surface area (Å²) in [7, 11) is 0. The van der Waals surface area contributed by atoms with Crippen molar-refractivity contribution in [3.63, 3.8) is 0 Å². The van der Waals surface area contributed by atoms with Crippen molar-refractivity contribution >= 4 is 35.0 Å². The molecule has 47 heavy (non-hydrogen) atoms. The number of unbranched alkanes of at least 4 members (excludes halogenated alkanes) is 5. The Hall–Kier alpha value is -3.00. The SMILES string of the molecule is CCCCCCCCSc1nc(Nc2ccc(O)c(C(C)(C)C)c2C(C)(C)C)nc(Nc2ccc(O)c(C(C)(C)C)c2C(C)(C)C)n1. The van der Waals surface area contributed by atoms with Crippen LogP contribution in [0.15, 0.2) is 29.4 Å². The van der Waals surface area contributed by atoms with Crippen molar-refractivity contribution in [3.8, 4) is 11.5 Å². The average Bonchev–Trinajstić information content (AvgIpc) is 2.91. The lowest BCUT2D eigenvalue weighted by atomic mass is 9.74. The van der Waals surface area contributed by atoms with E-state index in [2.05, 4.69) is 101 Å². The van der Waals surface area contributed by atoms with E-state index in [0.29, 0.717) is 17.1 Å². The first kappa shape index (κ1) is 38.4. The molecule has 0 fully saturated rings. The highest BCUT2D eigenvalue weighted by molar-refractivity contribution is 7.99. The summed E-state index contributed by atoms with van der Waals surface area (Å²) in [5.74, 6) is 2.39. The van der Waals surface area contributed by atoms with Gasteiger partial charge in [0.15, 0.2) is 5.16 Å². The number of aromatic nitrogens is 3. The Kier molecular flexibility index (Phi) is 12.3. The van der Waals surface area contributed by atoms with Crippen LogP contribution >= 0.6 is 11.8 Å². The van der Waals surface area contributed by atoms with Crippen molar-refractivity contribution in [1.29, 1.82) is 0 Å². The molecule has 0 saturated heterocycles. The van der Waals surface area contributed by atoms with Crippen molar-refractivity contribution in [3.05, 3.63) is 46.5 Å². The first-order chi connectivity index (χ1) is 21.6. The number of phenols is 2. The van der Waals surface area contributed by atoms with Crippen LogP contribution in [0.4, 0.5) is 23.3 Å². The zero-order valence-electron chi connectivity index (χ0n) is 31.4. The quantitative estimate of drug-likeness (QED) is 0.0862. The molecule has 0 bridgehead atoms. The Labute approximate surface area is 289 Å². The van der Waals surface area contributed by atoms with Crippen LogP contribution in [0.25, 0.3) is 0 Å². The third-order valence-electron chi connectivity index (χ3n) is 8.20. The lowest BCUT2D eigenvalue weighted by molar-refractivity contribution is 0.435. The highest BCUT2D eigenvalue weighted by Crippen LogP contribution is 2.45. The van der Waals surface area contributed by atoms with Crippen molar-refractivity contribution < 1.29 is 10.2 Å². The van der Waals surface area contributed by atoms with E-state index in [4.69, 9.17) is 15.0 Å². The summed E-state index contributed by atoms with van der Waals surface area (Å²) in [6.45, 7) is 28.0. The molecular formula is C39H61N5O2S. The standard InChI is InChI=1S/C39H61N5O2S/c1-14-15-16-17-18-19-24-47-35-43-33(40-25-20-22-27(45)31(38(8,9)10)29(25)36(2,3)4)42-34(44-35)41-26-21-23-28(46)32(39(11,12)13)30(26)37(5,6)7/h20-23,45-46H,14-19,24H2,1-13H3,(H2,40,41,42,43,44). The number of aromatic hydroxyl groups is 2. The monoisotopic (exact) mass is 663 g/mol. The number of anilines is 4. The molecule has 0 saturated carbocycles. The highest BCUT2D eigenvalue weighted by Gasteiger charge is 2.32. The maximum absolute atomic E-state index is 11.0. The van der Waals surface area contributed by atoms with Crippen LogP contribution in [0, 0.1) is 0 Å². The fourth-order valence-corrected chi connectivity index (χ4v) is 7.12. The number of rotatable bonds is 12. The van der Waals surface area contributed by atoms with Gasteiger partial charge in [0.05, 0.1) is 0 Å². The second-order valence-electron chi connectivity index (χ2n) is 16.9. The number of phenolic OH excluding ortho intramolecular Hbond substituents is 2. The average molecular weight is 664 g/mol. The summed E-state index contributed by atoms with van der Waals surface area (Å²) in [5, 5.41) is 29.7. The van der Waals surface area contributed by atoms with Gasteiger partial charge in [-0.05, 0) is 63.5 Å². The molecular weight excluding hydrogens is 603 g/mol. The molecule has 8 heteroatoms. The minimum Gasteiger partial charge on any atom is -0.508 e. The fourth-order valence-electron chi connectivity index (χ4n) is 6.29. The third kappa shape index (κ3) is 10.2. The molecule has 0 atom stereocenters. The third-order valence-corrected chi connectivity index (χ3v) is 9.14. The van der Waals surface area contributed by atoms with Crippen LogP contribution < -0.4 is 10.6 Å². The maximum Gasteiger partial charge on any atom is 0.233 e. The molecule has 0 aliphatic rings. The minimum atomic E-state index is -0.276. The van der Waals surface area contributed by atoms with E-state index in [1.165, 1.54) is 32.1 Å². The Morgan fingerprint density at radius 3 is 1.30 bits per heavy atom. The van der Waals surface area contributed by atoms with Gasteiger partial charge in [-0.2, -0.15) is 15.0 Å². The molecule has 1 aromatic heterocycles. The molecule has 3 aromatic rings. The molecule has 0 radical (unpaired) electrons. The van der Waals surface area contributed by atoms with Gasteiger partial charge in [-0.15, -0.1) is 0 Å². The van der Waals surface area contributed by atoms with Gasteiger partial charge >= 0.3 is 0 Å². The van der Waals surface area contributed by atoms with E-state index in [0.717, 1.165) is 45.8 Å². The number of benzene rings is 2. The van der Waals surface area contributed by atoms with Crippen LogP contribution in [-0.4, -0.2) is 30.9 Å². The highest BCUT2D eigenvalue weighted by atomic mass is 32.2. The number of thioether (sulfide) groups is 1.